The minimum atomic E-state index is -0.667. The lowest BCUT2D eigenvalue weighted by Crippen LogP contribution is -2.34. The number of carboxylic acids is 1. The van der Waals surface area contributed by atoms with E-state index in [0.29, 0.717) is 12.3 Å². The Bertz CT molecular complexity index is 434. The van der Waals surface area contributed by atoms with Crippen molar-refractivity contribution in [3.8, 4) is 0 Å². The van der Waals surface area contributed by atoms with Gasteiger partial charge in [0.25, 0.3) is 0 Å². The van der Waals surface area contributed by atoms with Gasteiger partial charge in [-0.1, -0.05) is 17.7 Å². The van der Waals surface area contributed by atoms with E-state index in [1.807, 2.05) is 0 Å². The Morgan fingerprint density at radius 1 is 1.33 bits per heavy atom. The summed E-state index contributed by atoms with van der Waals surface area (Å²) < 4.78 is 0. The van der Waals surface area contributed by atoms with Crippen molar-refractivity contribution in [2.75, 3.05) is 18.0 Å². The van der Waals surface area contributed by atoms with E-state index in [4.69, 9.17) is 5.11 Å². The number of carboxylic acid groups (broad SMARTS) is 1. The van der Waals surface area contributed by atoms with E-state index in [1.165, 1.54) is 16.8 Å². The van der Waals surface area contributed by atoms with Crippen molar-refractivity contribution in [3.63, 3.8) is 0 Å². The van der Waals surface area contributed by atoms with E-state index in [1.54, 1.807) is 0 Å². The molecule has 3 heteroatoms. The monoisotopic (exact) mass is 247 g/mol. The Morgan fingerprint density at radius 3 is 2.56 bits per heavy atom. The van der Waals surface area contributed by atoms with Crippen LogP contribution in [0.4, 0.5) is 5.69 Å². The lowest BCUT2D eigenvalue weighted by Gasteiger charge is -2.34. The first-order valence-electron chi connectivity index (χ1n) is 6.60. The van der Waals surface area contributed by atoms with Crippen LogP contribution in [0.5, 0.6) is 0 Å². The van der Waals surface area contributed by atoms with Crippen LogP contribution in [0.25, 0.3) is 0 Å². The molecule has 1 saturated heterocycles. The third-order valence-electron chi connectivity index (χ3n) is 3.77. The molecule has 0 saturated carbocycles. The number of nitrogens with zero attached hydrogens (tertiary/aromatic N) is 1. The molecule has 0 amide bonds. The minimum Gasteiger partial charge on any atom is -0.481 e. The first kappa shape index (κ1) is 12.9. The quantitative estimate of drug-likeness (QED) is 0.892. The summed E-state index contributed by atoms with van der Waals surface area (Å²) in [5.74, 6) is -0.315. The summed E-state index contributed by atoms with van der Waals surface area (Å²) in [6, 6.07) is 6.53. The van der Waals surface area contributed by atoms with E-state index in [9.17, 15) is 4.79 Å². The van der Waals surface area contributed by atoms with Crippen molar-refractivity contribution < 1.29 is 9.90 Å². The molecule has 1 aromatic carbocycles. The highest BCUT2D eigenvalue weighted by molar-refractivity contribution is 5.67. The molecule has 2 rings (SSSR count). The number of hydrogen-bond acceptors (Lipinski definition) is 2. The van der Waals surface area contributed by atoms with E-state index < -0.39 is 5.97 Å². The van der Waals surface area contributed by atoms with Gasteiger partial charge in [0.15, 0.2) is 0 Å². The molecule has 1 heterocycles. The molecule has 98 valence electrons. The number of hydrogen-bond donors (Lipinski definition) is 1. The fraction of sp³-hybridized carbons (Fsp3) is 0.533. The molecule has 1 aromatic rings. The van der Waals surface area contributed by atoms with Crippen LogP contribution < -0.4 is 4.90 Å². The third-order valence-corrected chi connectivity index (χ3v) is 3.77. The highest BCUT2D eigenvalue weighted by Crippen LogP contribution is 2.27. The number of aryl methyl sites for hydroxylation is 2. The van der Waals surface area contributed by atoms with Gasteiger partial charge < -0.3 is 10.0 Å². The lowest BCUT2D eigenvalue weighted by atomic mass is 9.93. The Hall–Kier alpha value is -1.51. The lowest BCUT2D eigenvalue weighted by molar-refractivity contribution is -0.138. The molecule has 0 atom stereocenters. The number of anilines is 1. The van der Waals surface area contributed by atoms with Crippen LogP contribution in [0.2, 0.25) is 0 Å². The maximum atomic E-state index is 10.7. The van der Waals surface area contributed by atoms with Crippen molar-refractivity contribution in [1.29, 1.82) is 0 Å². The Balaban J connectivity index is 1.99. The second-order valence-electron chi connectivity index (χ2n) is 5.32. The molecule has 1 fully saturated rings. The minimum absolute atomic E-state index is 0.320. The number of carbonyl (C=O) groups is 1. The summed E-state index contributed by atoms with van der Waals surface area (Å²) in [4.78, 5) is 13.1. The first-order chi connectivity index (χ1) is 8.56. The van der Waals surface area contributed by atoms with Gasteiger partial charge in [-0.2, -0.15) is 0 Å². The van der Waals surface area contributed by atoms with Gasteiger partial charge in [-0.25, -0.2) is 0 Å². The molecule has 0 unspecified atom stereocenters. The number of aliphatic carboxylic acids is 1. The van der Waals surface area contributed by atoms with Crippen molar-refractivity contribution in [2.24, 2.45) is 5.92 Å². The van der Waals surface area contributed by atoms with Crippen molar-refractivity contribution in [3.05, 3.63) is 29.3 Å². The normalized spacial score (nSPS) is 16.9. The summed E-state index contributed by atoms with van der Waals surface area (Å²) in [5, 5.41) is 8.81. The zero-order chi connectivity index (χ0) is 13.1. The van der Waals surface area contributed by atoms with Crippen molar-refractivity contribution in [2.45, 2.75) is 33.1 Å². The van der Waals surface area contributed by atoms with Gasteiger partial charge in [-0.3, -0.25) is 4.79 Å². The van der Waals surface area contributed by atoms with E-state index in [-0.39, 0.29) is 0 Å². The molecule has 0 bridgehead atoms. The number of rotatable bonds is 3. The highest BCUT2D eigenvalue weighted by atomic mass is 16.4. The molecule has 0 radical (unpaired) electrons. The van der Waals surface area contributed by atoms with Gasteiger partial charge in [0.05, 0.1) is 0 Å². The largest absolute Gasteiger partial charge is 0.481 e. The predicted molar refractivity (Wildman–Crippen MR) is 73.1 cm³/mol. The Labute approximate surface area is 108 Å². The molecule has 0 aliphatic carbocycles. The van der Waals surface area contributed by atoms with Crippen LogP contribution in [-0.4, -0.2) is 24.2 Å². The van der Waals surface area contributed by atoms with Crippen LogP contribution >= 0.6 is 0 Å². The summed E-state index contributed by atoms with van der Waals surface area (Å²) in [6.45, 7) is 6.20. The zero-order valence-electron chi connectivity index (χ0n) is 11.1. The highest BCUT2D eigenvalue weighted by Gasteiger charge is 2.22. The molecule has 0 aromatic heterocycles. The van der Waals surface area contributed by atoms with Gasteiger partial charge in [-0.05, 0) is 44.2 Å². The average Bonchev–Trinajstić information content (AvgIpc) is 2.30. The van der Waals surface area contributed by atoms with Crippen LogP contribution in [0.3, 0.4) is 0 Å². The van der Waals surface area contributed by atoms with Crippen LogP contribution in [-0.2, 0) is 4.79 Å². The van der Waals surface area contributed by atoms with Crippen LogP contribution in [0.15, 0.2) is 18.2 Å². The maximum Gasteiger partial charge on any atom is 0.303 e. The third kappa shape index (κ3) is 3.03. The number of benzene rings is 1. The number of piperidine rings is 1. The molecule has 1 N–H and O–H groups in total. The van der Waals surface area contributed by atoms with Gasteiger partial charge in [0.2, 0.25) is 0 Å². The van der Waals surface area contributed by atoms with Crippen LogP contribution in [0, 0.1) is 19.8 Å². The first-order valence-corrected chi connectivity index (χ1v) is 6.60. The molecule has 3 nitrogen and oxygen atoms in total. The second-order valence-corrected chi connectivity index (χ2v) is 5.32. The predicted octanol–water partition coefficient (Wildman–Crippen LogP) is 2.99. The van der Waals surface area contributed by atoms with E-state index >= 15 is 0 Å². The SMILES string of the molecule is Cc1ccc(N2CCC(CC(=O)O)CC2)c(C)c1. The van der Waals surface area contributed by atoms with Crippen molar-refractivity contribution >= 4 is 11.7 Å². The molecule has 0 spiro atoms. The maximum absolute atomic E-state index is 10.7. The van der Waals surface area contributed by atoms with Gasteiger partial charge in [0, 0.05) is 25.2 Å². The Kier molecular flexibility index (Phi) is 3.90. The topological polar surface area (TPSA) is 40.5 Å². The van der Waals surface area contributed by atoms with Crippen LogP contribution in [0.1, 0.15) is 30.4 Å². The molecular formula is C15H21NO2. The van der Waals surface area contributed by atoms with E-state index in [2.05, 4.69) is 36.9 Å². The summed E-state index contributed by atoms with van der Waals surface area (Å²) in [5.41, 5.74) is 3.90. The fourth-order valence-corrected chi connectivity index (χ4v) is 2.79. The van der Waals surface area contributed by atoms with Gasteiger partial charge in [0.1, 0.15) is 0 Å². The fourth-order valence-electron chi connectivity index (χ4n) is 2.79. The smallest absolute Gasteiger partial charge is 0.303 e. The average molecular weight is 247 g/mol. The summed E-state index contributed by atoms with van der Waals surface area (Å²) in [7, 11) is 0. The summed E-state index contributed by atoms with van der Waals surface area (Å²) in [6.07, 6.45) is 2.29. The Morgan fingerprint density at radius 2 is 2.00 bits per heavy atom. The molecule has 1 aliphatic heterocycles. The molecule has 18 heavy (non-hydrogen) atoms. The van der Waals surface area contributed by atoms with Crippen molar-refractivity contribution in [1.82, 2.24) is 0 Å². The molecular weight excluding hydrogens is 226 g/mol. The van der Waals surface area contributed by atoms with Gasteiger partial charge in [-0.15, -0.1) is 0 Å². The summed E-state index contributed by atoms with van der Waals surface area (Å²) >= 11 is 0. The second kappa shape index (κ2) is 5.42. The van der Waals surface area contributed by atoms with Gasteiger partial charge >= 0.3 is 5.97 Å². The van der Waals surface area contributed by atoms with E-state index in [0.717, 1.165) is 25.9 Å². The zero-order valence-corrected chi connectivity index (χ0v) is 11.1. The standard InChI is InChI=1S/C15H21NO2/c1-11-3-4-14(12(2)9-11)16-7-5-13(6-8-16)10-15(17)18/h3-4,9,13H,5-8,10H2,1-2H3,(H,17,18). The molecule has 1 aliphatic rings.